The van der Waals surface area contributed by atoms with Gasteiger partial charge in [-0.25, -0.2) is 18.4 Å². The zero-order valence-corrected chi connectivity index (χ0v) is 15.0. The maximum absolute atomic E-state index is 13.9. The maximum Gasteiger partial charge on any atom is 0.337 e. The van der Waals surface area contributed by atoms with Crippen molar-refractivity contribution in [1.29, 1.82) is 0 Å². The Bertz CT molecular complexity index is 722. The molecule has 0 aliphatic carbocycles. The van der Waals surface area contributed by atoms with Gasteiger partial charge >= 0.3 is 12.0 Å². The van der Waals surface area contributed by atoms with Gasteiger partial charge in [-0.1, -0.05) is 13.0 Å². The van der Waals surface area contributed by atoms with Crippen LogP contribution < -0.4 is 16.0 Å². The van der Waals surface area contributed by atoms with Gasteiger partial charge in [-0.3, -0.25) is 0 Å². The molecule has 2 rings (SSSR count). The zero-order valence-electron chi connectivity index (χ0n) is 15.0. The molecule has 26 heavy (non-hydrogen) atoms. The fourth-order valence-electron chi connectivity index (χ4n) is 2.82. The van der Waals surface area contributed by atoms with E-state index in [4.69, 9.17) is 4.74 Å². The van der Waals surface area contributed by atoms with Crippen molar-refractivity contribution in [1.82, 2.24) is 16.0 Å². The summed E-state index contributed by atoms with van der Waals surface area (Å²) >= 11 is 0. The predicted octanol–water partition coefficient (Wildman–Crippen LogP) is 2.52. The van der Waals surface area contributed by atoms with Crippen molar-refractivity contribution in [2.24, 2.45) is 0 Å². The van der Waals surface area contributed by atoms with Crippen LogP contribution >= 0.6 is 0 Å². The van der Waals surface area contributed by atoms with Gasteiger partial charge in [0.05, 0.1) is 18.2 Å². The van der Waals surface area contributed by atoms with Gasteiger partial charge < -0.3 is 20.7 Å². The van der Waals surface area contributed by atoms with Crippen molar-refractivity contribution in [2.75, 3.05) is 13.2 Å². The number of halogens is 2. The minimum absolute atomic E-state index is 0.121. The molecule has 0 aromatic heterocycles. The van der Waals surface area contributed by atoms with E-state index in [1.54, 1.807) is 13.8 Å². The highest BCUT2D eigenvalue weighted by molar-refractivity contribution is 5.94. The lowest BCUT2D eigenvalue weighted by Gasteiger charge is -2.29. The number of ether oxygens (including phenoxy) is 1. The summed E-state index contributed by atoms with van der Waals surface area (Å²) in [4.78, 5) is 24.1. The Morgan fingerprint density at radius 3 is 2.69 bits per heavy atom. The maximum atomic E-state index is 13.9. The highest BCUT2D eigenvalue weighted by Crippen LogP contribution is 2.20. The first-order valence-electron chi connectivity index (χ1n) is 8.53. The average Bonchev–Trinajstić information content (AvgIpc) is 2.59. The summed E-state index contributed by atoms with van der Waals surface area (Å²) in [5.74, 6) is -1.82. The Morgan fingerprint density at radius 2 is 2.08 bits per heavy atom. The highest BCUT2D eigenvalue weighted by atomic mass is 19.1. The SMILES string of the molecule is CCOC(=O)C1=C(CN[C@H](C)c2ccc(F)cc2F)NC(=O)N[C@H]1CC. The van der Waals surface area contributed by atoms with Crippen LogP contribution in [0.5, 0.6) is 0 Å². The lowest BCUT2D eigenvalue weighted by Crippen LogP contribution is -2.52. The van der Waals surface area contributed by atoms with Crippen molar-refractivity contribution in [3.63, 3.8) is 0 Å². The summed E-state index contributed by atoms with van der Waals surface area (Å²) in [6, 6.07) is 2.02. The van der Waals surface area contributed by atoms with E-state index < -0.39 is 35.7 Å². The fourth-order valence-corrected chi connectivity index (χ4v) is 2.82. The topological polar surface area (TPSA) is 79.5 Å². The number of benzene rings is 1. The normalized spacial score (nSPS) is 18.2. The van der Waals surface area contributed by atoms with Crippen LogP contribution in [-0.2, 0) is 9.53 Å². The van der Waals surface area contributed by atoms with Crippen molar-refractivity contribution < 1.29 is 23.1 Å². The van der Waals surface area contributed by atoms with Crippen LogP contribution in [0, 0.1) is 11.6 Å². The monoisotopic (exact) mass is 367 g/mol. The molecular formula is C18H23F2N3O3. The number of carbonyl (C=O) groups is 2. The van der Waals surface area contributed by atoms with Crippen LogP contribution in [0.25, 0.3) is 0 Å². The van der Waals surface area contributed by atoms with Crippen LogP contribution in [0.1, 0.15) is 38.8 Å². The molecule has 0 saturated carbocycles. The van der Waals surface area contributed by atoms with E-state index in [1.807, 2.05) is 6.92 Å². The molecule has 3 N–H and O–H groups in total. The number of esters is 1. The number of nitrogens with one attached hydrogen (secondary N) is 3. The van der Waals surface area contributed by atoms with Crippen molar-refractivity contribution in [3.8, 4) is 0 Å². The second-order valence-electron chi connectivity index (χ2n) is 5.94. The molecule has 1 heterocycles. The van der Waals surface area contributed by atoms with Gasteiger partial charge in [0.15, 0.2) is 0 Å². The first kappa shape index (κ1) is 19.8. The number of hydrogen-bond donors (Lipinski definition) is 3. The predicted molar refractivity (Wildman–Crippen MR) is 92.2 cm³/mol. The van der Waals surface area contributed by atoms with E-state index in [9.17, 15) is 18.4 Å². The molecule has 1 aromatic carbocycles. The molecule has 0 unspecified atom stereocenters. The molecule has 6 nitrogen and oxygen atoms in total. The first-order valence-corrected chi connectivity index (χ1v) is 8.53. The third-order valence-corrected chi connectivity index (χ3v) is 4.16. The number of amides is 2. The van der Waals surface area contributed by atoms with E-state index in [1.165, 1.54) is 12.1 Å². The van der Waals surface area contributed by atoms with Crippen LogP contribution in [-0.4, -0.2) is 31.2 Å². The standard InChI is InChI=1S/C18H23F2N3O3/c1-4-14-16(17(24)26-5-2)15(23-18(25)22-14)9-21-10(3)12-7-6-11(19)8-13(12)20/h6-8,10,14,21H,4-5,9H2,1-3H3,(H2,22,23,25)/t10-,14+/m1/s1. The summed E-state index contributed by atoms with van der Waals surface area (Å²) in [6.07, 6.45) is 0.521. The van der Waals surface area contributed by atoms with E-state index in [2.05, 4.69) is 16.0 Å². The third-order valence-electron chi connectivity index (χ3n) is 4.16. The molecule has 0 radical (unpaired) electrons. The van der Waals surface area contributed by atoms with E-state index in [-0.39, 0.29) is 18.7 Å². The van der Waals surface area contributed by atoms with Crippen molar-refractivity contribution in [2.45, 2.75) is 39.3 Å². The molecule has 2 amide bonds. The summed E-state index contributed by atoms with van der Waals surface area (Å²) in [7, 11) is 0. The largest absolute Gasteiger partial charge is 0.463 e. The van der Waals surface area contributed by atoms with E-state index >= 15 is 0 Å². The van der Waals surface area contributed by atoms with Gasteiger partial charge in [-0.2, -0.15) is 0 Å². The van der Waals surface area contributed by atoms with Crippen molar-refractivity contribution in [3.05, 3.63) is 46.7 Å². The minimum Gasteiger partial charge on any atom is -0.463 e. The fraction of sp³-hybridized carbons (Fsp3) is 0.444. The van der Waals surface area contributed by atoms with E-state index in [0.717, 1.165) is 6.07 Å². The first-order chi connectivity index (χ1) is 12.4. The molecule has 1 aromatic rings. The number of urea groups is 1. The van der Waals surface area contributed by atoms with E-state index in [0.29, 0.717) is 17.7 Å². The second-order valence-corrected chi connectivity index (χ2v) is 5.94. The van der Waals surface area contributed by atoms with Gasteiger partial charge in [0.1, 0.15) is 11.6 Å². The summed E-state index contributed by atoms with van der Waals surface area (Å²) in [5.41, 5.74) is 1.01. The molecule has 1 aliphatic heterocycles. The average molecular weight is 367 g/mol. The zero-order chi connectivity index (χ0) is 19.3. The Balaban J connectivity index is 2.21. The second kappa shape index (κ2) is 8.75. The Morgan fingerprint density at radius 1 is 1.35 bits per heavy atom. The summed E-state index contributed by atoms with van der Waals surface area (Å²) in [6.45, 7) is 5.59. The molecule has 8 heteroatoms. The van der Waals surface area contributed by atoms with Crippen LogP contribution in [0.4, 0.5) is 13.6 Å². The molecule has 0 saturated heterocycles. The number of hydrogen-bond acceptors (Lipinski definition) is 4. The van der Waals surface area contributed by atoms with Crippen LogP contribution in [0.15, 0.2) is 29.5 Å². The van der Waals surface area contributed by atoms with Crippen LogP contribution in [0.2, 0.25) is 0 Å². The lowest BCUT2D eigenvalue weighted by atomic mass is 9.99. The molecular weight excluding hydrogens is 344 g/mol. The molecule has 142 valence electrons. The molecule has 2 atom stereocenters. The molecule has 0 bridgehead atoms. The van der Waals surface area contributed by atoms with Gasteiger partial charge in [0.2, 0.25) is 0 Å². The lowest BCUT2D eigenvalue weighted by molar-refractivity contribution is -0.139. The van der Waals surface area contributed by atoms with Crippen molar-refractivity contribution >= 4 is 12.0 Å². The molecule has 0 fully saturated rings. The molecule has 0 spiro atoms. The Kier molecular flexibility index (Phi) is 6.68. The van der Waals surface area contributed by atoms with Gasteiger partial charge in [-0.15, -0.1) is 0 Å². The quantitative estimate of drug-likeness (QED) is 0.647. The molecule has 1 aliphatic rings. The summed E-state index contributed by atoms with van der Waals surface area (Å²) < 4.78 is 32.0. The van der Waals surface area contributed by atoms with Gasteiger partial charge in [0, 0.05) is 29.9 Å². The Labute approximate surface area is 151 Å². The third kappa shape index (κ3) is 4.57. The van der Waals surface area contributed by atoms with Gasteiger partial charge in [0.25, 0.3) is 0 Å². The number of carbonyl (C=O) groups excluding carboxylic acids is 2. The number of rotatable bonds is 7. The summed E-state index contributed by atoms with van der Waals surface area (Å²) in [5, 5.41) is 8.35. The smallest absolute Gasteiger partial charge is 0.337 e. The Hall–Kier alpha value is -2.48. The minimum atomic E-state index is -0.662. The van der Waals surface area contributed by atoms with Crippen LogP contribution in [0.3, 0.4) is 0 Å². The highest BCUT2D eigenvalue weighted by Gasteiger charge is 2.31. The van der Waals surface area contributed by atoms with Gasteiger partial charge in [-0.05, 0) is 26.3 Å².